The molecule has 1 amide bonds. The van der Waals surface area contributed by atoms with Gasteiger partial charge in [0.1, 0.15) is 0 Å². The van der Waals surface area contributed by atoms with Gasteiger partial charge in [-0.1, -0.05) is 164 Å². The number of amides is 1. The summed E-state index contributed by atoms with van der Waals surface area (Å²) >= 11 is 0. The van der Waals surface area contributed by atoms with Crippen LogP contribution in [-0.4, -0.2) is 34.9 Å². The van der Waals surface area contributed by atoms with E-state index >= 15 is 0 Å². The van der Waals surface area contributed by atoms with E-state index in [2.05, 4.69) is 79.9 Å². The number of hydrogen-bond acceptors (Lipinski definition) is 3. The van der Waals surface area contributed by atoms with Gasteiger partial charge in [-0.2, -0.15) is 0 Å². The van der Waals surface area contributed by atoms with Crippen molar-refractivity contribution in [2.75, 3.05) is 6.61 Å². The maximum absolute atomic E-state index is 12.3. The Morgan fingerprint density at radius 1 is 0.500 bits per heavy atom. The normalized spacial score (nSPS) is 13.8. The molecular formula is C44H77NO3. The smallest absolute Gasteiger partial charge is 0.220 e. The number of nitrogens with one attached hydrogen (secondary N) is 1. The van der Waals surface area contributed by atoms with Crippen LogP contribution in [0.4, 0.5) is 0 Å². The molecule has 3 N–H and O–H groups in total. The molecule has 0 saturated carbocycles. The summed E-state index contributed by atoms with van der Waals surface area (Å²) in [6.45, 7) is 4.24. The quantitative estimate of drug-likeness (QED) is 0.0465. The summed E-state index contributed by atoms with van der Waals surface area (Å²) in [5, 5.41) is 22.9. The number of carbonyl (C=O) groups is 1. The Morgan fingerprint density at radius 3 is 1.40 bits per heavy atom. The number of carbonyl (C=O) groups excluding carboxylic acids is 1. The van der Waals surface area contributed by atoms with Crippen LogP contribution in [0.5, 0.6) is 0 Å². The monoisotopic (exact) mass is 668 g/mol. The largest absolute Gasteiger partial charge is 0.394 e. The molecule has 0 aliphatic rings. The van der Waals surface area contributed by atoms with Crippen LogP contribution in [0.15, 0.2) is 72.9 Å². The third-order valence-electron chi connectivity index (χ3n) is 8.64. The predicted molar refractivity (Wildman–Crippen MR) is 211 cm³/mol. The fraction of sp³-hybridized carbons (Fsp3) is 0.705. The Bertz CT molecular complexity index is 853. The zero-order chi connectivity index (χ0) is 35.0. The highest BCUT2D eigenvalue weighted by molar-refractivity contribution is 5.76. The summed E-state index contributed by atoms with van der Waals surface area (Å²) in [6.07, 6.45) is 55.6. The zero-order valence-corrected chi connectivity index (χ0v) is 31.5. The molecule has 0 saturated heterocycles. The standard InChI is InChI=1S/C44H77NO3/c1-3-5-7-9-11-13-15-17-19-21-22-24-26-28-30-32-34-36-38-40-44(48)45-42(41-46)43(47)39-37-35-33-31-29-27-25-23-20-18-16-14-12-10-8-6-4-2/h11,13,17,19-20,22-24,29,31,37,39,42-43,46-47H,3-10,12,14-16,18,21,25-28,30,32-36,38,40-41H2,1-2H3,(H,45,48)/b13-11-,19-17-,23-20+,24-22-,31-29+,39-37+. The van der Waals surface area contributed by atoms with Crippen molar-refractivity contribution in [3.63, 3.8) is 0 Å². The minimum absolute atomic E-state index is 0.0944. The van der Waals surface area contributed by atoms with E-state index in [4.69, 9.17) is 0 Å². The van der Waals surface area contributed by atoms with Crippen molar-refractivity contribution in [1.29, 1.82) is 0 Å². The number of allylic oxidation sites excluding steroid dienone is 11. The Balaban J connectivity index is 3.74. The fourth-order valence-electron chi connectivity index (χ4n) is 5.51. The van der Waals surface area contributed by atoms with Crippen LogP contribution in [-0.2, 0) is 4.79 Å². The molecule has 0 aromatic rings. The van der Waals surface area contributed by atoms with Crippen LogP contribution in [0.2, 0.25) is 0 Å². The molecule has 0 rings (SSSR count). The van der Waals surface area contributed by atoms with E-state index in [1.807, 2.05) is 6.08 Å². The van der Waals surface area contributed by atoms with Gasteiger partial charge in [0.05, 0.1) is 18.8 Å². The highest BCUT2D eigenvalue weighted by Crippen LogP contribution is 2.11. The van der Waals surface area contributed by atoms with Gasteiger partial charge in [0.25, 0.3) is 0 Å². The van der Waals surface area contributed by atoms with Crippen molar-refractivity contribution < 1.29 is 15.0 Å². The van der Waals surface area contributed by atoms with Gasteiger partial charge < -0.3 is 15.5 Å². The molecule has 0 aliphatic carbocycles. The zero-order valence-electron chi connectivity index (χ0n) is 31.5. The van der Waals surface area contributed by atoms with Crippen molar-refractivity contribution in [2.45, 2.75) is 193 Å². The lowest BCUT2D eigenvalue weighted by Gasteiger charge is -2.19. The first-order chi connectivity index (χ1) is 23.7. The Morgan fingerprint density at radius 2 is 0.875 bits per heavy atom. The lowest BCUT2D eigenvalue weighted by Crippen LogP contribution is -2.45. The van der Waals surface area contributed by atoms with E-state index in [1.54, 1.807) is 6.08 Å². The molecular weight excluding hydrogens is 590 g/mol. The van der Waals surface area contributed by atoms with Crippen LogP contribution in [0.25, 0.3) is 0 Å². The van der Waals surface area contributed by atoms with Gasteiger partial charge in [-0.3, -0.25) is 4.79 Å². The third-order valence-corrected chi connectivity index (χ3v) is 8.64. The third kappa shape index (κ3) is 35.1. The van der Waals surface area contributed by atoms with Crippen LogP contribution in [0.3, 0.4) is 0 Å². The summed E-state index contributed by atoms with van der Waals surface area (Å²) < 4.78 is 0. The average Bonchev–Trinajstić information content (AvgIpc) is 3.09. The molecule has 2 atom stereocenters. The molecule has 0 bridgehead atoms. The van der Waals surface area contributed by atoms with Crippen molar-refractivity contribution in [3.05, 3.63) is 72.9 Å². The number of hydrogen-bond donors (Lipinski definition) is 3. The molecule has 0 aromatic carbocycles. The summed E-state index contributed by atoms with van der Waals surface area (Å²) in [5.41, 5.74) is 0. The number of aliphatic hydroxyl groups excluding tert-OH is 2. The van der Waals surface area contributed by atoms with Crippen molar-refractivity contribution in [3.8, 4) is 0 Å². The molecule has 0 aliphatic heterocycles. The predicted octanol–water partition coefficient (Wildman–Crippen LogP) is 12.3. The van der Waals surface area contributed by atoms with Crippen LogP contribution in [0.1, 0.15) is 181 Å². The summed E-state index contributed by atoms with van der Waals surface area (Å²) in [4.78, 5) is 12.3. The summed E-state index contributed by atoms with van der Waals surface area (Å²) in [7, 11) is 0. The second-order valence-corrected chi connectivity index (χ2v) is 13.3. The number of rotatable bonds is 35. The van der Waals surface area contributed by atoms with Crippen LogP contribution in [0, 0.1) is 0 Å². The molecule has 0 radical (unpaired) electrons. The van der Waals surface area contributed by atoms with Crippen molar-refractivity contribution in [1.82, 2.24) is 5.32 Å². The number of unbranched alkanes of at least 4 members (excludes halogenated alkanes) is 18. The molecule has 4 heteroatoms. The van der Waals surface area contributed by atoms with Gasteiger partial charge in [0.15, 0.2) is 0 Å². The van der Waals surface area contributed by atoms with Gasteiger partial charge in [-0.25, -0.2) is 0 Å². The van der Waals surface area contributed by atoms with Gasteiger partial charge >= 0.3 is 0 Å². The minimum Gasteiger partial charge on any atom is -0.394 e. The first-order valence-electron chi connectivity index (χ1n) is 20.2. The van der Waals surface area contributed by atoms with E-state index in [1.165, 1.54) is 96.3 Å². The van der Waals surface area contributed by atoms with E-state index in [9.17, 15) is 15.0 Å². The second-order valence-electron chi connectivity index (χ2n) is 13.3. The van der Waals surface area contributed by atoms with Gasteiger partial charge in [-0.05, 0) is 83.5 Å². The second kappa shape index (κ2) is 39.3. The van der Waals surface area contributed by atoms with Crippen molar-refractivity contribution in [2.24, 2.45) is 0 Å². The average molecular weight is 668 g/mol. The highest BCUT2D eigenvalue weighted by atomic mass is 16.3. The molecule has 276 valence electrons. The maximum Gasteiger partial charge on any atom is 0.220 e. The molecule has 0 spiro atoms. The van der Waals surface area contributed by atoms with E-state index in [-0.39, 0.29) is 12.5 Å². The molecule has 48 heavy (non-hydrogen) atoms. The lowest BCUT2D eigenvalue weighted by atomic mass is 10.1. The molecule has 2 unspecified atom stereocenters. The number of aliphatic hydroxyl groups is 2. The first kappa shape index (κ1) is 45.8. The molecule has 0 aromatic heterocycles. The lowest BCUT2D eigenvalue weighted by molar-refractivity contribution is -0.123. The minimum atomic E-state index is -0.878. The highest BCUT2D eigenvalue weighted by Gasteiger charge is 2.17. The van der Waals surface area contributed by atoms with Crippen LogP contribution < -0.4 is 5.32 Å². The SMILES string of the molecule is CCCCC/C=C\C/C=C\C/C=C\CCCCCCCCC(=O)NC(CO)C(O)/C=C/CC/C=C/CC/C=C/CCCCCCCCC. The Kier molecular flexibility index (Phi) is 37.5. The maximum atomic E-state index is 12.3. The van der Waals surface area contributed by atoms with Crippen LogP contribution >= 0.6 is 0 Å². The van der Waals surface area contributed by atoms with E-state index in [0.29, 0.717) is 6.42 Å². The Hall–Kier alpha value is -2.17. The fourth-order valence-corrected chi connectivity index (χ4v) is 5.51. The molecule has 0 fully saturated rings. The van der Waals surface area contributed by atoms with Gasteiger partial charge in [0.2, 0.25) is 5.91 Å². The molecule has 4 nitrogen and oxygen atoms in total. The van der Waals surface area contributed by atoms with E-state index < -0.39 is 12.1 Å². The van der Waals surface area contributed by atoms with Crippen molar-refractivity contribution >= 4 is 5.91 Å². The van der Waals surface area contributed by atoms with Gasteiger partial charge in [0, 0.05) is 6.42 Å². The first-order valence-corrected chi connectivity index (χ1v) is 20.2. The topological polar surface area (TPSA) is 69.6 Å². The summed E-state index contributed by atoms with van der Waals surface area (Å²) in [6, 6.07) is -0.655. The Labute approximate surface area is 298 Å². The summed E-state index contributed by atoms with van der Waals surface area (Å²) in [5.74, 6) is -0.0944. The molecule has 0 heterocycles. The van der Waals surface area contributed by atoms with Gasteiger partial charge in [-0.15, -0.1) is 0 Å². The van der Waals surface area contributed by atoms with E-state index in [0.717, 1.165) is 64.2 Å².